The summed E-state index contributed by atoms with van der Waals surface area (Å²) in [5.74, 6) is 2.99. The Morgan fingerprint density at radius 1 is 0.972 bits per heavy atom. The lowest BCUT2D eigenvalue weighted by atomic mass is 9.54. The normalized spacial score (nSPS) is 34.5. The van der Waals surface area contributed by atoms with E-state index in [1.165, 1.54) is 43.2 Å². The highest BCUT2D eigenvalue weighted by Crippen LogP contribution is 2.54. The summed E-state index contributed by atoms with van der Waals surface area (Å²) >= 11 is 0. The molecule has 1 aliphatic heterocycles. The quantitative estimate of drug-likeness (QED) is 0.610. The molecule has 1 unspecified atom stereocenters. The molecule has 1 atom stereocenters. The second-order valence-electron chi connectivity index (χ2n) is 12.6. The summed E-state index contributed by atoms with van der Waals surface area (Å²) in [7, 11) is -3.56. The van der Waals surface area contributed by atoms with Gasteiger partial charge < -0.3 is 5.32 Å². The lowest BCUT2D eigenvalue weighted by Crippen LogP contribution is -2.57. The Bertz CT molecular complexity index is 1110. The largest absolute Gasteiger partial charge is 0.352 e. The molecule has 1 spiro atoms. The van der Waals surface area contributed by atoms with Crippen LogP contribution in [0.1, 0.15) is 74.8 Å². The zero-order valence-corrected chi connectivity index (χ0v) is 22.1. The first-order valence-corrected chi connectivity index (χ1v) is 15.7. The van der Waals surface area contributed by atoms with Gasteiger partial charge in [0.2, 0.25) is 21.8 Å². The highest BCUT2D eigenvalue weighted by molar-refractivity contribution is 7.89. The molecule has 4 saturated carbocycles. The minimum Gasteiger partial charge on any atom is -0.352 e. The Morgan fingerprint density at radius 3 is 2.25 bits per heavy atom. The number of carbonyl (C=O) groups excluding carboxylic acids is 2. The third-order valence-electron chi connectivity index (χ3n) is 10.1. The van der Waals surface area contributed by atoms with Gasteiger partial charge in [-0.1, -0.05) is 24.3 Å². The lowest BCUT2D eigenvalue weighted by Gasteiger charge is -2.54. The maximum absolute atomic E-state index is 13.1. The topological polar surface area (TPSA) is 95.6 Å². The van der Waals surface area contributed by atoms with Crippen molar-refractivity contribution in [1.82, 2.24) is 14.9 Å². The summed E-state index contributed by atoms with van der Waals surface area (Å²) in [6.07, 6.45) is 10.7. The number of rotatable bonds is 6. The van der Waals surface area contributed by atoms with Crippen molar-refractivity contribution in [3.05, 3.63) is 35.4 Å². The summed E-state index contributed by atoms with van der Waals surface area (Å²) < 4.78 is 25.1. The number of carbonyl (C=O) groups is 2. The molecule has 6 aliphatic rings. The Morgan fingerprint density at radius 2 is 1.61 bits per heavy atom. The number of piperidine rings is 1. The molecular formula is C28H39N3O4S. The monoisotopic (exact) mass is 513 g/mol. The second-order valence-corrected chi connectivity index (χ2v) is 14.3. The van der Waals surface area contributed by atoms with E-state index in [1.807, 2.05) is 6.07 Å². The molecule has 2 amide bonds. The third kappa shape index (κ3) is 4.71. The minimum atomic E-state index is -3.56. The van der Waals surface area contributed by atoms with Gasteiger partial charge in [0.25, 0.3) is 0 Å². The van der Waals surface area contributed by atoms with E-state index in [2.05, 4.69) is 33.1 Å². The van der Waals surface area contributed by atoms with Crippen molar-refractivity contribution < 1.29 is 18.0 Å². The van der Waals surface area contributed by atoms with E-state index in [4.69, 9.17) is 0 Å². The zero-order valence-electron chi connectivity index (χ0n) is 21.2. The standard InChI is InChI=1S/C28H39N3O4S/c1-36(34,35)30-25(32)15-22-16-28(24-5-3-2-4-23(22)24)6-8-31(9-7-28)17-26(33)29-27-20-11-18-10-19(13-20)14-21(27)12-18/h2-5,18-22,27H,6-17H2,1H3,(H,29,33)(H,30,32). The van der Waals surface area contributed by atoms with Crippen molar-refractivity contribution in [2.75, 3.05) is 25.9 Å². The Balaban J connectivity index is 1.06. The number of hydrogen-bond acceptors (Lipinski definition) is 5. The molecule has 36 heavy (non-hydrogen) atoms. The first kappa shape index (κ1) is 24.4. The predicted octanol–water partition coefficient (Wildman–Crippen LogP) is 2.91. The van der Waals surface area contributed by atoms with Crippen molar-refractivity contribution in [2.24, 2.45) is 23.7 Å². The van der Waals surface area contributed by atoms with Crippen LogP contribution in [0.2, 0.25) is 0 Å². The summed E-state index contributed by atoms with van der Waals surface area (Å²) in [6.45, 7) is 2.21. The number of nitrogens with zero attached hydrogens (tertiary/aromatic N) is 1. The smallest absolute Gasteiger partial charge is 0.234 e. The van der Waals surface area contributed by atoms with E-state index in [0.29, 0.717) is 24.4 Å². The SMILES string of the molecule is CS(=O)(=O)NC(=O)CC1CC2(CCN(CC(=O)NC3C4CC5CC(C4)CC3C5)CC2)c2ccccc21. The van der Waals surface area contributed by atoms with E-state index < -0.39 is 15.9 Å². The molecule has 1 aromatic rings. The molecule has 0 aromatic heterocycles. The van der Waals surface area contributed by atoms with Gasteiger partial charge >= 0.3 is 0 Å². The van der Waals surface area contributed by atoms with Gasteiger partial charge in [-0.25, -0.2) is 8.42 Å². The van der Waals surface area contributed by atoms with E-state index >= 15 is 0 Å². The van der Waals surface area contributed by atoms with Crippen molar-refractivity contribution in [1.29, 1.82) is 0 Å². The molecule has 1 saturated heterocycles. The predicted molar refractivity (Wildman–Crippen MR) is 138 cm³/mol. The van der Waals surface area contributed by atoms with Gasteiger partial charge in [0.05, 0.1) is 12.8 Å². The molecule has 2 N–H and O–H groups in total. The number of likely N-dealkylation sites (tertiary alicyclic amines) is 1. The number of amides is 2. The Hall–Kier alpha value is -1.93. The average Bonchev–Trinajstić information content (AvgIpc) is 3.09. The molecule has 8 heteroatoms. The Kier molecular flexibility index (Phi) is 6.18. The summed E-state index contributed by atoms with van der Waals surface area (Å²) in [5.41, 5.74) is 2.48. The fourth-order valence-electron chi connectivity index (χ4n) is 8.89. The molecule has 4 bridgehead atoms. The van der Waals surface area contributed by atoms with Gasteiger partial charge in [-0.2, -0.15) is 0 Å². The molecular weight excluding hydrogens is 474 g/mol. The number of sulfonamides is 1. The van der Waals surface area contributed by atoms with Gasteiger partial charge in [-0.15, -0.1) is 0 Å². The van der Waals surface area contributed by atoms with Crippen LogP contribution in [0.15, 0.2) is 24.3 Å². The molecule has 1 aromatic carbocycles. The van der Waals surface area contributed by atoms with Crippen LogP contribution in [0.4, 0.5) is 0 Å². The van der Waals surface area contributed by atoms with Crippen molar-refractivity contribution in [3.8, 4) is 0 Å². The van der Waals surface area contributed by atoms with Crippen LogP contribution in [-0.4, -0.2) is 57.1 Å². The number of nitrogens with one attached hydrogen (secondary N) is 2. The van der Waals surface area contributed by atoms with E-state index in [0.717, 1.165) is 50.4 Å². The maximum atomic E-state index is 13.1. The van der Waals surface area contributed by atoms with Gasteiger partial charge in [-0.3, -0.25) is 19.2 Å². The first-order valence-electron chi connectivity index (χ1n) is 13.8. The number of hydrogen-bond donors (Lipinski definition) is 2. The van der Waals surface area contributed by atoms with E-state index in [9.17, 15) is 18.0 Å². The van der Waals surface area contributed by atoms with Crippen LogP contribution in [0.5, 0.6) is 0 Å². The van der Waals surface area contributed by atoms with Crippen molar-refractivity contribution in [3.63, 3.8) is 0 Å². The van der Waals surface area contributed by atoms with Gasteiger partial charge in [0.15, 0.2) is 0 Å². The molecule has 5 fully saturated rings. The van der Waals surface area contributed by atoms with E-state index in [-0.39, 0.29) is 23.7 Å². The minimum absolute atomic E-state index is 0.00102. The van der Waals surface area contributed by atoms with Crippen molar-refractivity contribution in [2.45, 2.75) is 75.2 Å². The van der Waals surface area contributed by atoms with Crippen molar-refractivity contribution >= 4 is 21.8 Å². The molecule has 5 aliphatic carbocycles. The van der Waals surface area contributed by atoms with Crippen LogP contribution < -0.4 is 10.0 Å². The Labute approximate surface area is 214 Å². The number of fused-ring (bicyclic) bond motifs is 2. The molecule has 0 radical (unpaired) electrons. The molecule has 7 nitrogen and oxygen atoms in total. The van der Waals surface area contributed by atoms with E-state index in [1.54, 1.807) is 0 Å². The third-order valence-corrected chi connectivity index (χ3v) is 10.7. The fourth-order valence-corrected chi connectivity index (χ4v) is 9.39. The van der Waals surface area contributed by atoms with Crippen LogP contribution in [0.3, 0.4) is 0 Å². The van der Waals surface area contributed by atoms with Crippen LogP contribution in [0.25, 0.3) is 0 Å². The molecule has 1 heterocycles. The fraction of sp³-hybridized carbons (Fsp3) is 0.714. The summed E-state index contributed by atoms with van der Waals surface area (Å²) in [5, 5.41) is 3.46. The zero-order chi connectivity index (χ0) is 25.1. The van der Waals surface area contributed by atoms with Crippen LogP contribution >= 0.6 is 0 Å². The van der Waals surface area contributed by atoms with Gasteiger partial charge in [0.1, 0.15) is 0 Å². The second kappa shape index (κ2) is 9.12. The summed E-state index contributed by atoms with van der Waals surface area (Å²) in [6, 6.07) is 8.72. The van der Waals surface area contributed by atoms with Gasteiger partial charge in [-0.05, 0) is 111 Å². The molecule has 196 valence electrons. The first-order chi connectivity index (χ1) is 17.2. The highest BCUT2D eigenvalue weighted by atomic mass is 32.2. The van der Waals surface area contributed by atoms with Crippen LogP contribution in [0, 0.1) is 23.7 Å². The average molecular weight is 514 g/mol. The molecule has 7 rings (SSSR count). The number of benzene rings is 1. The van der Waals surface area contributed by atoms with Gasteiger partial charge in [0, 0.05) is 12.5 Å². The maximum Gasteiger partial charge on any atom is 0.234 e. The van der Waals surface area contributed by atoms with Crippen LogP contribution in [-0.2, 0) is 25.0 Å². The summed E-state index contributed by atoms with van der Waals surface area (Å²) in [4.78, 5) is 27.7. The highest BCUT2D eigenvalue weighted by Gasteiger charge is 2.49. The lowest BCUT2D eigenvalue weighted by molar-refractivity contribution is -0.126.